The first-order chi connectivity index (χ1) is 10.3. The van der Waals surface area contributed by atoms with Crippen molar-refractivity contribution in [2.24, 2.45) is 0 Å². The lowest BCUT2D eigenvalue weighted by Crippen LogP contribution is -2.25. The van der Waals surface area contributed by atoms with Gasteiger partial charge in [-0.1, -0.05) is 19.1 Å². The molecule has 4 heteroatoms. The van der Waals surface area contributed by atoms with Crippen molar-refractivity contribution in [3.8, 4) is 5.75 Å². The van der Waals surface area contributed by atoms with Gasteiger partial charge in [-0.3, -0.25) is 0 Å². The van der Waals surface area contributed by atoms with Gasteiger partial charge >= 0.3 is 0 Å². The molecule has 0 spiro atoms. The van der Waals surface area contributed by atoms with Gasteiger partial charge in [0.15, 0.2) is 0 Å². The van der Waals surface area contributed by atoms with E-state index in [4.69, 9.17) is 4.74 Å². The first kappa shape index (κ1) is 14.5. The molecule has 1 aliphatic carbocycles. The molecule has 0 saturated heterocycles. The van der Waals surface area contributed by atoms with Gasteiger partial charge in [0.2, 0.25) is 0 Å². The van der Waals surface area contributed by atoms with Gasteiger partial charge in [-0.05, 0) is 49.9 Å². The molecule has 0 saturated carbocycles. The highest BCUT2D eigenvalue weighted by atomic mass is 32.1. The third-order valence-corrected chi connectivity index (χ3v) is 4.78. The largest absolute Gasteiger partial charge is 0.487 e. The van der Waals surface area contributed by atoms with E-state index in [1.165, 1.54) is 24.0 Å². The van der Waals surface area contributed by atoms with Crippen LogP contribution >= 0.6 is 11.3 Å². The minimum atomic E-state index is 0.476. The SMILES string of the molecule is CCNC1CCCc2c(OCc3csc(C)n3)cccc21. The topological polar surface area (TPSA) is 34.1 Å². The van der Waals surface area contributed by atoms with Crippen molar-refractivity contribution in [3.63, 3.8) is 0 Å². The predicted octanol–water partition coefficient (Wildman–Crippen LogP) is 4.02. The van der Waals surface area contributed by atoms with E-state index < -0.39 is 0 Å². The van der Waals surface area contributed by atoms with E-state index in [2.05, 4.69) is 40.8 Å². The number of aromatic nitrogens is 1. The normalized spacial score (nSPS) is 17.5. The molecule has 1 atom stereocenters. The van der Waals surface area contributed by atoms with Crippen molar-refractivity contribution in [3.05, 3.63) is 45.4 Å². The van der Waals surface area contributed by atoms with Crippen molar-refractivity contribution in [1.29, 1.82) is 0 Å². The molecule has 2 aromatic rings. The Morgan fingerprint density at radius 1 is 1.43 bits per heavy atom. The minimum absolute atomic E-state index is 0.476. The number of hydrogen-bond acceptors (Lipinski definition) is 4. The van der Waals surface area contributed by atoms with Crippen molar-refractivity contribution in [2.75, 3.05) is 6.54 Å². The van der Waals surface area contributed by atoms with Gasteiger partial charge in [-0.25, -0.2) is 4.98 Å². The zero-order valence-corrected chi connectivity index (χ0v) is 13.5. The van der Waals surface area contributed by atoms with E-state index >= 15 is 0 Å². The molecule has 0 aliphatic heterocycles. The maximum atomic E-state index is 6.05. The molecule has 21 heavy (non-hydrogen) atoms. The third-order valence-electron chi connectivity index (χ3n) is 3.96. The van der Waals surface area contributed by atoms with Gasteiger partial charge in [0.25, 0.3) is 0 Å². The molecular formula is C17H22N2OS. The first-order valence-electron chi connectivity index (χ1n) is 7.67. The zero-order chi connectivity index (χ0) is 14.7. The number of fused-ring (bicyclic) bond motifs is 1. The van der Waals surface area contributed by atoms with Gasteiger partial charge in [0.1, 0.15) is 12.4 Å². The van der Waals surface area contributed by atoms with Crippen molar-refractivity contribution in [2.45, 2.75) is 45.8 Å². The Labute approximate surface area is 130 Å². The Kier molecular flexibility index (Phi) is 4.56. The van der Waals surface area contributed by atoms with Gasteiger partial charge in [-0.15, -0.1) is 11.3 Å². The Bertz CT molecular complexity index is 609. The summed E-state index contributed by atoms with van der Waals surface area (Å²) in [6.07, 6.45) is 3.56. The average molecular weight is 302 g/mol. The average Bonchev–Trinajstić information content (AvgIpc) is 2.91. The number of aryl methyl sites for hydroxylation is 1. The molecule has 0 amide bonds. The van der Waals surface area contributed by atoms with Gasteiger partial charge in [0, 0.05) is 11.4 Å². The molecule has 1 aromatic carbocycles. The van der Waals surface area contributed by atoms with Crippen LogP contribution in [0.15, 0.2) is 23.6 Å². The molecule has 112 valence electrons. The van der Waals surface area contributed by atoms with Gasteiger partial charge in [-0.2, -0.15) is 0 Å². The second kappa shape index (κ2) is 6.58. The Balaban J connectivity index is 1.78. The van der Waals surface area contributed by atoms with E-state index in [0.717, 1.165) is 29.4 Å². The summed E-state index contributed by atoms with van der Waals surface area (Å²) in [7, 11) is 0. The van der Waals surface area contributed by atoms with Crippen LogP contribution in [-0.4, -0.2) is 11.5 Å². The number of rotatable bonds is 5. The highest BCUT2D eigenvalue weighted by Gasteiger charge is 2.22. The van der Waals surface area contributed by atoms with Crippen molar-refractivity contribution in [1.82, 2.24) is 10.3 Å². The summed E-state index contributed by atoms with van der Waals surface area (Å²) in [5.41, 5.74) is 3.81. The minimum Gasteiger partial charge on any atom is -0.487 e. The van der Waals surface area contributed by atoms with Crippen LogP contribution in [0, 0.1) is 6.92 Å². The van der Waals surface area contributed by atoms with E-state index in [1.54, 1.807) is 11.3 Å². The number of benzene rings is 1. The highest BCUT2D eigenvalue weighted by molar-refractivity contribution is 7.09. The van der Waals surface area contributed by atoms with Crippen molar-refractivity contribution >= 4 is 11.3 Å². The molecule has 1 heterocycles. The maximum Gasteiger partial charge on any atom is 0.131 e. The molecular weight excluding hydrogens is 280 g/mol. The van der Waals surface area contributed by atoms with Gasteiger partial charge < -0.3 is 10.1 Å². The predicted molar refractivity (Wildman–Crippen MR) is 87.0 cm³/mol. The zero-order valence-electron chi connectivity index (χ0n) is 12.7. The summed E-state index contributed by atoms with van der Waals surface area (Å²) >= 11 is 1.67. The standard InChI is InChI=1S/C17H22N2OS/c1-3-18-16-8-4-7-15-14(16)6-5-9-17(15)20-10-13-11-21-12(2)19-13/h5-6,9,11,16,18H,3-4,7-8,10H2,1-2H3. The van der Waals surface area contributed by atoms with Crippen LogP contribution in [0.4, 0.5) is 0 Å². The summed E-state index contributed by atoms with van der Waals surface area (Å²) in [4.78, 5) is 4.46. The van der Waals surface area contributed by atoms with E-state index in [9.17, 15) is 0 Å². The second-order valence-electron chi connectivity index (χ2n) is 5.47. The molecule has 3 rings (SSSR count). The van der Waals surface area contributed by atoms with E-state index in [0.29, 0.717) is 12.6 Å². The van der Waals surface area contributed by atoms with Gasteiger partial charge in [0.05, 0.1) is 10.7 Å². The molecule has 1 unspecified atom stereocenters. The Morgan fingerprint density at radius 2 is 2.33 bits per heavy atom. The quantitative estimate of drug-likeness (QED) is 0.906. The van der Waals surface area contributed by atoms with Crippen LogP contribution in [0.5, 0.6) is 5.75 Å². The Morgan fingerprint density at radius 3 is 3.10 bits per heavy atom. The molecule has 3 nitrogen and oxygen atoms in total. The fourth-order valence-electron chi connectivity index (χ4n) is 3.03. The van der Waals surface area contributed by atoms with Crippen LogP contribution in [-0.2, 0) is 13.0 Å². The molecule has 0 fully saturated rings. The monoisotopic (exact) mass is 302 g/mol. The van der Waals surface area contributed by atoms with E-state index in [1.807, 2.05) is 6.92 Å². The highest BCUT2D eigenvalue weighted by Crippen LogP contribution is 2.35. The molecule has 1 aliphatic rings. The van der Waals surface area contributed by atoms with Crippen LogP contribution in [0.25, 0.3) is 0 Å². The van der Waals surface area contributed by atoms with Crippen LogP contribution in [0.3, 0.4) is 0 Å². The fraction of sp³-hybridized carbons (Fsp3) is 0.471. The molecule has 0 bridgehead atoms. The Hall–Kier alpha value is -1.39. The smallest absolute Gasteiger partial charge is 0.131 e. The summed E-state index contributed by atoms with van der Waals surface area (Å²) in [5, 5.41) is 6.75. The molecule has 1 N–H and O–H groups in total. The van der Waals surface area contributed by atoms with Crippen LogP contribution < -0.4 is 10.1 Å². The lowest BCUT2D eigenvalue weighted by molar-refractivity contribution is 0.295. The number of nitrogens with one attached hydrogen (secondary N) is 1. The second-order valence-corrected chi connectivity index (χ2v) is 6.54. The number of ether oxygens (including phenoxy) is 1. The lowest BCUT2D eigenvalue weighted by atomic mass is 9.87. The van der Waals surface area contributed by atoms with Crippen LogP contribution in [0.1, 0.15) is 47.6 Å². The molecule has 0 radical (unpaired) electrons. The maximum absolute atomic E-state index is 6.05. The van der Waals surface area contributed by atoms with E-state index in [-0.39, 0.29) is 0 Å². The number of hydrogen-bond donors (Lipinski definition) is 1. The number of nitrogens with zero attached hydrogens (tertiary/aromatic N) is 1. The molecule has 1 aromatic heterocycles. The summed E-state index contributed by atoms with van der Waals surface area (Å²) in [6.45, 7) is 5.76. The van der Waals surface area contributed by atoms with Crippen LogP contribution in [0.2, 0.25) is 0 Å². The first-order valence-corrected chi connectivity index (χ1v) is 8.55. The summed E-state index contributed by atoms with van der Waals surface area (Å²) in [6, 6.07) is 6.91. The van der Waals surface area contributed by atoms with Crippen molar-refractivity contribution < 1.29 is 4.74 Å². The summed E-state index contributed by atoms with van der Waals surface area (Å²) < 4.78 is 6.05. The summed E-state index contributed by atoms with van der Waals surface area (Å²) in [5.74, 6) is 1.03. The third kappa shape index (κ3) is 3.27. The fourth-order valence-corrected chi connectivity index (χ4v) is 3.63. The lowest BCUT2D eigenvalue weighted by Gasteiger charge is -2.27. The number of thiazole rings is 1.